The minimum atomic E-state index is -0.371. The van der Waals surface area contributed by atoms with Crippen LogP contribution < -0.4 is 34.6 Å². The first kappa shape index (κ1) is 23.9. The maximum absolute atomic E-state index is 10.2. The number of aliphatic hydroxyl groups excluding tert-OH is 1. The van der Waals surface area contributed by atoms with Crippen LogP contribution in [0.15, 0.2) is 60.7 Å². The molecule has 3 rings (SSSR count). The molecule has 0 saturated carbocycles. The molecule has 1 unspecified atom stereocenters. The molecule has 1 atom stereocenters. The molecular formula is C21H30Cl2N2O2. The highest BCUT2D eigenvalue weighted by Crippen LogP contribution is 2.00. The van der Waals surface area contributed by atoms with Gasteiger partial charge in [0.25, 0.3) is 0 Å². The fourth-order valence-corrected chi connectivity index (χ4v) is 3.52. The summed E-state index contributed by atoms with van der Waals surface area (Å²) < 4.78 is 5.66. The molecule has 150 valence electrons. The Morgan fingerprint density at radius 1 is 0.852 bits per heavy atom. The van der Waals surface area contributed by atoms with Crippen LogP contribution in [0.3, 0.4) is 0 Å². The van der Waals surface area contributed by atoms with Crippen molar-refractivity contribution in [1.29, 1.82) is 0 Å². The van der Waals surface area contributed by atoms with Gasteiger partial charge < -0.3 is 39.6 Å². The second kappa shape index (κ2) is 13.1. The van der Waals surface area contributed by atoms with Crippen LogP contribution in [0.4, 0.5) is 5.69 Å². The monoisotopic (exact) mass is 412 g/mol. The van der Waals surface area contributed by atoms with E-state index < -0.39 is 0 Å². The number of aliphatic hydroxyl groups is 1. The van der Waals surface area contributed by atoms with Crippen LogP contribution in [0.2, 0.25) is 0 Å². The van der Waals surface area contributed by atoms with Crippen LogP contribution in [0.1, 0.15) is 5.56 Å². The van der Waals surface area contributed by atoms with E-state index in [1.54, 1.807) is 4.90 Å². The summed E-state index contributed by atoms with van der Waals surface area (Å²) >= 11 is 0. The van der Waals surface area contributed by atoms with E-state index in [0.29, 0.717) is 13.2 Å². The molecule has 1 aliphatic rings. The van der Waals surface area contributed by atoms with Crippen molar-refractivity contribution in [3.63, 3.8) is 0 Å². The maximum atomic E-state index is 10.2. The largest absolute Gasteiger partial charge is 1.00 e. The number of nitrogens with one attached hydrogen (secondary N) is 2. The van der Waals surface area contributed by atoms with Crippen LogP contribution in [0.5, 0.6) is 0 Å². The van der Waals surface area contributed by atoms with E-state index in [2.05, 4.69) is 42.5 Å². The predicted molar refractivity (Wildman–Crippen MR) is 99.3 cm³/mol. The van der Waals surface area contributed by atoms with Gasteiger partial charge in [0.15, 0.2) is 0 Å². The molecule has 27 heavy (non-hydrogen) atoms. The third-order valence-electron chi connectivity index (χ3n) is 4.96. The summed E-state index contributed by atoms with van der Waals surface area (Å²) in [5, 5.41) is 10.2. The van der Waals surface area contributed by atoms with Crippen LogP contribution in [-0.2, 0) is 11.2 Å². The minimum Gasteiger partial charge on any atom is -1.00 e. The first-order chi connectivity index (χ1) is 12.3. The normalized spacial score (nSPS) is 20.2. The highest BCUT2D eigenvalue weighted by atomic mass is 35.5. The maximum Gasteiger partial charge on any atom is 0.132 e. The van der Waals surface area contributed by atoms with E-state index in [1.807, 2.05) is 18.2 Å². The molecular weight excluding hydrogens is 383 g/mol. The van der Waals surface area contributed by atoms with Crippen molar-refractivity contribution in [2.45, 2.75) is 12.5 Å². The molecule has 0 aromatic heterocycles. The molecule has 2 aromatic rings. The van der Waals surface area contributed by atoms with E-state index in [-0.39, 0.29) is 30.9 Å². The van der Waals surface area contributed by atoms with Crippen LogP contribution >= 0.6 is 0 Å². The molecule has 2 aromatic carbocycles. The molecule has 4 nitrogen and oxygen atoms in total. The summed E-state index contributed by atoms with van der Waals surface area (Å²) in [6, 6.07) is 21.0. The number of piperazine rings is 1. The highest BCUT2D eigenvalue weighted by molar-refractivity contribution is 5.27. The number of hydrogen-bond acceptors (Lipinski definition) is 2. The van der Waals surface area contributed by atoms with Crippen molar-refractivity contribution < 1.29 is 44.5 Å². The van der Waals surface area contributed by atoms with Gasteiger partial charge in [0.05, 0.1) is 13.2 Å². The molecule has 0 radical (unpaired) electrons. The zero-order valence-electron chi connectivity index (χ0n) is 15.6. The summed E-state index contributed by atoms with van der Waals surface area (Å²) in [6.07, 6.45) is 0.531. The van der Waals surface area contributed by atoms with Gasteiger partial charge in [-0.2, -0.15) is 0 Å². The molecule has 0 aliphatic carbocycles. The topological polar surface area (TPSA) is 38.3 Å². The summed E-state index contributed by atoms with van der Waals surface area (Å²) in [7, 11) is 0. The zero-order valence-corrected chi connectivity index (χ0v) is 17.1. The number of hydrogen-bond donors (Lipinski definition) is 3. The number of quaternary nitrogens is 2. The lowest BCUT2D eigenvalue weighted by Gasteiger charge is -2.30. The SMILES string of the molecule is OC(COCCc1ccccc1)C[NH+]1CC[NH+](c2ccccc2)CC1.[Cl-].[Cl-]. The fourth-order valence-electron chi connectivity index (χ4n) is 3.52. The fraction of sp³-hybridized carbons (Fsp3) is 0.429. The van der Waals surface area contributed by atoms with Crippen molar-refractivity contribution in [2.24, 2.45) is 0 Å². The quantitative estimate of drug-likeness (QED) is 0.377. The Morgan fingerprint density at radius 3 is 2.07 bits per heavy atom. The van der Waals surface area contributed by atoms with E-state index in [4.69, 9.17) is 4.74 Å². The summed E-state index contributed by atoms with van der Waals surface area (Å²) in [5.74, 6) is 0. The summed E-state index contributed by atoms with van der Waals surface area (Å²) in [6.45, 7) is 6.35. The second-order valence-corrected chi connectivity index (χ2v) is 6.89. The van der Waals surface area contributed by atoms with Gasteiger partial charge in [0.1, 0.15) is 44.5 Å². The van der Waals surface area contributed by atoms with Gasteiger partial charge >= 0.3 is 0 Å². The molecule has 0 spiro atoms. The standard InChI is InChI=1S/C21H28N2O2.2ClH/c24-21(18-25-16-11-19-7-3-1-4-8-19)17-22-12-14-23(15-13-22)20-9-5-2-6-10-20;;/h1-10,21,24H,11-18H2;2*1H. The van der Waals surface area contributed by atoms with E-state index in [9.17, 15) is 5.11 Å². The number of benzene rings is 2. The lowest BCUT2D eigenvalue weighted by molar-refractivity contribution is -0.988. The van der Waals surface area contributed by atoms with Crippen LogP contribution in [0.25, 0.3) is 0 Å². The first-order valence-electron chi connectivity index (χ1n) is 9.34. The van der Waals surface area contributed by atoms with Crippen molar-refractivity contribution in [3.8, 4) is 0 Å². The van der Waals surface area contributed by atoms with Crippen molar-refractivity contribution >= 4 is 5.69 Å². The van der Waals surface area contributed by atoms with Crippen LogP contribution in [-0.4, -0.2) is 57.1 Å². The van der Waals surface area contributed by atoms with Gasteiger partial charge in [-0.05, 0) is 24.1 Å². The summed E-state index contributed by atoms with van der Waals surface area (Å²) in [5.41, 5.74) is 2.66. The zero-order chi connectivity index (χ0) is 17.3. The Morgan fingerprint density at radius 2 is 1.44 bits per heavy atom. The molecule has 1 heterocycles. The summed E-state index contributed by atoms with van der Waals surface area (Å²) in [4.78, 5) is 3.04. The van der Waals surface area contributed by atoms with Gasteiger partial charge in [0, 0.05) is 0 Å². The first-order valence-corrected chi connectivity index (χ1v) is 9.34. The minimum absolute atomic E-state index is 0. The molecule has 6 heteroatoms. The van der Waals surface area contributed by atoms with E-state index in [1.165, 1.54) is 16.2 Å². The second-order valence-electron chi connectivity index (χ2n) is 6.89. The van der Waals surface area contributed by atoms with Crippen LogP contribution in [0, 0.1) is 0 Å². The predicted octanol–water partition coefficient (Wildman–Crippen LogP) is -6.27. The average molecular weight is 413 g/mol. The third-order valence-corrected chi connectivity index (χ3v) is 4.96. The van der Waals surface area contributed by atoms with Gasteiger partial charge in [0.2, 0.25) is 0 Å². The lowest BCUT2D eigenvalue weighted by atomic mass is 10.2. The van der Waals surface area contributed by atoms with Crippen molar-refractivity contribution in [3.05, 3.63) is 66.2 Å². The van der Waals surface area contributed by atoms with Gasteiger partial charge in [-0.3, -0.25) is 4.90 Å². The van der Waals surface area contributed by atoms with Gasteiger partial charge in [-0.25, -0.2) is 0 Å². The molecule has 1 saturated heterocycles. The molecule has 3 N–H and O–H groups in total. The van der Waals surface area contributed by atoms with Gasteiger partial charge in [-0.15, -0.1) is 0 Å². The Balaban J connectivity index is 0.00000182. The van der Waals surface area contributed by atoms with Crippen molar-refractivity contribution in [1.82, 2.24) is 0 Å². The molecule has 0 bridgehead atoms. The third kappa shape index (κ3) is 8.18. The Labute approximate surface area is 175 Å². The Kier molecular flexibility index (Phi) is 11.6. The Bertz CT molecular complexity index is 608. The average Bonchev–Trinajstić information content (AvgIpc) is 2.67. The number of halogens is 2. The smallest absolute Gasteiger partial charge is 0.132 e. The molecule has 0 amide bonds. The number of rotatable bonds is 8. The van der Waals surface area contributed by atoms with Gasteiger partial charge in [-0.1, -0.05) is 48.5 Å². The number of ether oxygens (including phenoxy) is 1. The lowest BCUT2D eigenvalue weighted by Crippen LogP contribution is -3.26. The van der Waals surface area contributed by atoms with Crippen molar-refractivity contribution in [2.75, 3.05) is 45.9 Å². The highest BCUT2D eigenvalue weighted by Gasteiger charge is 2.25. The van der Waals surface area contributed by atoms with E-state index >= 15 is 0 Å². The number of para-hydroxylation sites is 1. The Hall–Kier alpha value is -1.14. The molecule has 1 aliphatic heterocycles. The molecule has 1 fully saturated rings. The van der Waals surface area contributed by atoms with E-state index in [0.717, 1.165) is 39.1 Å².